The van der Waals surface area contributed by atoms with Crippen molar-refractivity contribution >= 4 is 23.2 Å². The van der Waals surface area contributed by atoms with Crippen molar-refractivity contribution in [3.8, 4) is 11.1 Å². The molecule has 2 rings (SSSR count). The van der Waals surface area contributed by atoms with Crippen LogP contribution in [0.15, 0.2) is 24.5 Å². The van der Waals surface area contributed by atoms with E-state index in [-0.39, 0.29) is 0 Å². The quantitative estimate of drug-likeness (QED) is 0.784. The van der Waals surface area contributed by atoms with Gasteiger partial charge in [-0.2, -0.15) is 5.10 Å². The van der Waals surface area contributed by atoms with Crippen LogP contribution < -0.4 is 0 Å². The largest absolute Gasteiger partial charge is 0.272 e. The molecule has 0 aromatic carbocycles. The highest BCUT2D eigenvalue weighted by molar-refractivity contribution is 6.32. The molecule has 0 atom stereocenters. The first-order valence-electron chi connectivity index (χ1n) is 5.05. The molecule has 2 aromatic heterocycles. The first-order valence-corrected chi connectivity index (χ1v) is 5.80. The molecule has 0 fully saturated rings. The molecule has 0 saturated carbocycles. The molecule has 0 N–H and O–H groups in total. The number of halogens is 2. The number of pyridine rings is 1. The van der Waals surface area contributed by atoms with E-state index in [1.807, 2.05) is 10.9 Å². The zero-order valence-electron chi connectivity index (χ0n) is 8.82. The van der Waals surface area contributed by atoms with Crippen LogP contribution in [0, 0.1) is 0 Å². The first-order chi connectivity index (χ1) is 7.69. The summed E-state index contributed by atoms with van der Waals surface area (Å²) in [6.07, 6.45) is 4.84. The van der Waals surface area contributed by atoms with Crippen molar-refractivity contribution in [3.05, 3.63) is 34.8 Å². The fourth-order valence-electron chi connectivity index (χ4n) is 1.50. The van der Waals surface area contributed by atoms with Crippen LogP contribution in [0.25, 0.3) is 11.1 Å². The van der Waals surface area contributed by atoms with E-state index >= 15 is 0 Å². The highest BCUT2D eigenvalue weighted by Crippen LogP contribution is 2.24. The molecule has 84 valence electrons. The van der Waals surface area contributed by atoms with Crippen molar-refractivity contribution in [1.82, 2.24) is 14.8 Å². The van der Waals surface area contributed by atoms with Crippen LogP contribution >= 0.6 is 23.2 Å². The van der Waals surface area contributed by atoms with Gasteiger partial charge in [-0.05, 0) is 24.1 Å². The standard InChI is InChI=1S/C11H11Cl2N3/c1-2-3-16-7-9(6-14-16)8-4-10(12)15-11(13)5-8/h4-7H,2-3H2,1H3. The van der Waals surface area contributed by atoms with Gasteiger partial charge in [0.05, 0.1) is 6.20 Å². The number of aryl methyl sites for hydroxylation is 1. The summed E-state index contributed by atoms with van der Waals surface area (Å²) in [7, 11) is 0. The van der Waals surface area contributed by atoms with Crippen LogP contribution in [-0.4, -0.2) is 14.8 Å². The minimum atomic E-state index is 0.394. The molecular formula is C11H11Cl2N3. The Morgan fingerprint density at radius 2 is 1.88 bits per heavy atom. The summed E-state index contributed by atoms with van der Waals surface area (Å²) < 4.78 is 1.90. The number of hydrogen-bond donors (Lipinski definition) is 0. The third-order valence-electron chi connectivity index (χ3n) is 2.18. The Labute approximate surface area is 104 Å². The van der Waals surface area contributed by atoms with Crippen LogP contribution in [0.5, 0.6) is 0 Å². The van der Waals surface area contributed by atoms with Gasteiger partial charge in [0.1, 0.15) is 10.3 Å². The Bertz CT molecular complexity index is 473. The normalized spacial score (nSPS) is 10.7. The molecule has 0 aliphatic carbocycles. The van der Waals surface area contributed by atoms with Crippen LogP contribution in [-0.2, 0) is 6.54 Å². The SMILES string of the molecule is CCCn1cc(-c2cc(Cl)nc(Cl)c2)cn1. The lowest BCUT2D eigenvalue weighted by Crippen LogP contribution is -1.95. The van der Waals surface area contributed by atoms with Crippen molar-refractivity contribution in [2.24, 2.45) is 0 Å². The van der Waals surface area contributed by atoms with Crippen molar-refractivity contribution in [2.75, 3.05) is 0 Å². The van der Waals surface area contributed by atoms with Gasteiger partial charge in [0.25, 0.3) is 0 Å². The Morgan fingerprint density at radius 1 is 1.19 bits per heavy atom. The Morgan fingerprint density at radius 3 is 2.50 bits per heavy atom. The van der Waals surface area contributed by atoms with Crippen LogP contribution in [0.2, 0.25) is 10.3 Å². The average Bonchev–Trinajstić information content (AvgIpc) is 2.65. The molecule has 0 radical (unpaired) electrons. The molecular weight excluding hydrogens is 245 g/mol. The van der Waals surface area contributed by atoms with E-state index in [0.717, 1.165) is 24.1 Å². The molecule has 0 aliphatic rings. The first kappa shape index (κ1) is 11.4. The molecule has 2 aromatic rings. The van der Waals surface area contributed by atoms with Gasteiger partial charge in [0, 0.05) is 18.3 Å². The molecule has 0 unspecified atom stereocenters. The molecule has 5 heteroatoms. The van der Waals surface area contributed by atoms with Gasteiger partial charge in [-0.15, -0.1) is 0 Å². The highest BCUT2D eigenvalue weighted by atomic mass is 35.5. The molecule has 0 amide bonds. The monoisotopic (exact) mass is 255 g/mol. The van der Waals surface area contributed by atoms with Gasteiger partial charge < -0.3 is 0 Å². The van der Waals surface area contributed by atoms with E-state index in [9.17, 15) is 0 Å². The van der Waals surface area contributed by atoms with Gasteiger partial charge >= 0.3 is 0 Å². The van der Waals surface area contributed by atoms with Gasteiger partial charge in [0.15, 0.2) is 0 Å². The number of aromatic nitrogens is 3. The fourth-order valence-corrected chi connectivity index (χ4v) is 1.96. The predicted molar refractivity (Wildman–Crippen MR) is 65.8 cm³/mol. The second kappa shape index (κ2) is 4.85. The van der Waals surface area contributed by atoms with E-state index in [2.05, 4.69) is 17.0 Å². The lowest BCUT2D eigenvalue weighted by molar-refractivity contribution is 0.603. The number of hydrogen-bond acceptors (Lipinski definition) is 2. The van der Waals surface area contributed by atoms with E-state index in [1.54, 1.807) is 18.3 Å². The summed E-state index contributed by atoms with van der Waals surface area (Å²) >= 11 is 11.7. The topological polar surface area (TPSA) is 30.7 Å². The molecule has 0 aliphatic heterocycles. The minimum Gasteiger partial charge on any atom is -0.272 e. The minimum absolute atomic E-state index is 0.394. The van der Waals surface area contributed by atoms with E-state index in [4.69, 9.17) is 23.2 Å². The summed E-state index contributed by atoms with van der Waals surface area (Å²) in [6.45, 7) is 3.02. The van der Waals surface area contributed by atoms with Crippen molar-refractivity contribution < 1.29 is 0 Å². The molecule has 2 heterocycles. The maximum absolute atomic E-state index is 5.85. The zero-order chi connectivity index (χ0) is 11.5. The summed E-state index contributed by atoms with van der Waals surface area (Å²) in [4.78, 5) is 3.91. The predicted octanol–water partition coefficient (Wildman–Crippen LogP) is 3.66. The van der Waals surface area contributed by atoms with Crippen molar-refractivity contribution in [1.29, 1.82) is 0 Å². The molecule has 3 nitrogen and oxygen atoms in total. The average molecular weight is 256 g/mol. The van der Waals surface area contributed by atoms with Crippen molar-refractivity contribution in [3.63, 3.8) is 0 Å². The summed E-state index contributed by atoms with van der Waals surface area (Å²) in [5.74, 6) is 0. The Hall–Kier alpha value is -1.06. The van der Waals surface area contributed by atoms with Gasteiger partial charge in [-0.3, -0.25) is 4.68 Å². The lowest BCUT2D eigenvalue weighted by Gasteiger charge is -1.99. The van der Waals surface area contributed by atoms with E-state index < -0.39 is 0 Å². The summed E-state index contributed by atoms with van der Waals surface area (Å²) in [5, 5.41) is 5.04. The lowest BCUT2D eigenvalue weighted by atomic mass is 10.1. The molecule has 16 heavy (non-hydrogen) atoms. The third-order valence-corrected chi connectivity index (χ3v) is 2.57. The van der Waals surface area contributed by atoms with E-state index in [0.29, 0.717) is 10.3 Å². The summed E-state index contributed by atoms with van der Waals surface area (Å²) in [6, 6.07) is 3.56. The third kappa shape index (κ3) is 2.54. The second-order valence-corrected chi connectivity index (χ2v) is 4.27. The van der Waals surface area contributed by atoms with E-state index in [1.165, 1.54) is 0 Å². The van der Waals surface area contributed by atoms with Crippen LogP contribution in [0.4, 0.5) is 0 Å². The maximum atomic E-state index is 5.85. The van der Waals surface area contributed by atoms with Gasteiger partial charge in [0.2, 0.25) is 0 Å². The molecule has 0 spiro atoms. The van der Waals surface area contributed by atoms with Crippen molar-refractivity contribution in [2.45, 2.75) is 19.9 Å². The highest BCUT2D eigenvalue weighted by Gasteiger charge is 2.04. The fraction of sp³-hybridized carbons (Fsp3) is 0.273. The summed E-state index contributed by atoms with van der Waals surface area (Å²) in [5.41, 5.74) is 1.94. The van der Waals surface area contributed by atoms with Crippen LogP contribution in [0.1, 0.15) is 13.3 Å². The molecule has 0 saturated heterocycles. The Kier molecular flexibility index (Phi) is 3.46. The number of rotatable bonds is 3. The smallest absolute Gasteiger partial charge is 0.131 e. The second-order valence-electron chi connectivity index (χ2n) is 3.49. The maximum Gasteiger partial charge on any atom is 0.131 e. The number of nitrogens with zero attached hydrogens (tertiary/aromatic N) is 3. The van der Waals surface area contributed by atoms with Crippen LogP contribution in [0.3, 0.4) is 0 Å². The Balaban J connectivity index is 2.34. The zero-order valence-corrected chi connectivity index (χ0v) is 10.3. The van der Waals surface area contributed by atoms with Gasteiger partial charge in [-0.1, -0.05) is 30.1 Å². The van der Waals surface area contributed by atoms with Gasteiger partial charge in [-0.25, -0.2) is 4.98 Å². The molecule has 0 bridgehead atoms.